The first-order valence-corrected chi connectivity index (χ1v) is 4.84. The fourth-order valence-corrected chi connectivity index (χ4v) is 1.74. The van der Waals surface area contributed by atoms with Crippen LogP contribution >= 0.6 is 11.6 Å². The van der Waals surface area contributed by atoms with E-state index >= 15 is 0 Å². The van der Waals surface area contributed by atoms with Crippen LogP contribution in [0.3, 0.4) is 0 Å². The third-order valence-electron chi connectivity index (χ3n) is 2.30. The van der Waals surface area contributed by atoms with Crippen LogP contribution in [0.15, 0.2) is 18.2 Å². The van der Waals surface area contributed by atoms with E-state index in [2.05, 4.69) is 18.0 Å². The lowest BCUT2D eigenvalue weighted by Gasteiger charge is -1.94. The van der Waals surface area contributed by atoms with Crippen LogP contribution in [0.25, 0.3) is 10.9 Å². The maximum Gasteiger partial charge on any atom is 0.0998 e. The second kappa shape index (κ2) is 3.36. The Labute approximate surface area is 87.1 Å². The van der Waals surface area contributed by atoms with Crippen molar-refractivity contribution in [2.24, 2.45) is 0 Å². The zero-order chi connectivity index (χ0) is 10.1. The molecule has 0 aliphatic rings. The minimum Gasteiger partial charge on any atom is -0.357 e. The molecule has 70 valence electrons. The Hall–Kier alpha value is -1.46. The van der Waals surface area contributed by atoms with Crippen LogP contribution in [0.5, 0.6) is 0 Å². The van der Waals surface area contributed by atoms with Crippen LogP contribution in [-0.4, -0.2) is 4.98 Å². The average molecular weight is 205 g/mol. The average Bonchev–Trinajstić information content (AvgIpc) is 2.63. The van der Waals surface area contributed by atoms with Gasteiger partial charge in [0.2, 0.25) is 0 Å². The largest absolute Gasteiger partial charge is 0.357 e. The first-order chi connectivity index (χ1) is 6.76. The van der Waals surface area contributed by atoms with Gasteiger partial charge in [0.25, 0.3) is 0 Å². The van der Waals surface area contributed by atoms with Crippen LogP contribution in [-0.2, 0) is 6.42 Å². The SMILES string of the molecule is CCc1cc2c(C#N)ccc(Cl)c2[nH]1. The molecular weight excluding hydrogens is 196 g/mol. The highest BCUT2D eigenvalue weighted by molar-refractivity contribution is 6.35. The molecule has 14 heavy (non-hydrogen) atoms. The summed E-state index contributed by atoms with van der Waals surface area (Å²) in [6.07, 6.45) is 0.913. The highest BCUT2D eigenvalue weighted by Crippen LogP contribution is 2.26. The van der Waals surface area contributed by atoms with Crippen molar-refractivity contribution in [1.82, 2.24) is 4.98 Å². The summed E-state index contributed by atoms with van der Waals surface area (Å²) in [7, 11) is 0. The molecule has 0 spiro atoms. The molecule has 0 fully saturated rings. The van der Waals surface area contributed by atoms with Crippen molar-refractivity contribution in [3.05, 3.63) is 34.5 Å². The summed E-state index contributed by atoms with van der Waals surface area (Å²) in [5.74, 6) is 0. The first-order valence-electron chi connectivity index (χ1n) is 4.46. The summed E-state index contributed by atoms with van der Waals surface area (Å²) in [5.41, 5.74) is 2.63. The van der Waals surface area contributed by atoms with E-state index in [1.807, 2.05) is 6.07 Å². The van der Waals surface area contributed by atoms with Gasteiger partial charge in [-0.15, -0.1) is 0 Å². The van der Waals surface area contributed by atoms with E-state index in [1.54, 1.807) is 12.1 Å². The minimum absolute atomic E-state index is 0.665. The lowest BCUT2D eigenvalue weighted by atomic mass is 10.1. The Balaban J connectivity index is 2.83. The molecule has 1 aromatic heterocycles. The maximum atomic E-state index is 8.90. The van der Waals surface area contributed by atoms with Gasteiger partial charge in [0.05, 0.1) is 22.2 Å². The number of nitrogens with one attached hydrogen (secondary N) is 1. The van der Waals surface area contributed by atoms with Crippen molar-refractivity contribution in [3.8, 4) is 6.07 Å². The molecule has 3 heteroatoms. The number of hydrogen-bond acceptors (Lipinski definition) is 1. The molecule has 0 bridgehead atoms. The number of H-pyrrole nitrogens is 1. The van der Waals surface area contributed by atoms with Crippen molar-refractivity contribution in [1.29, 1.82) is 5.26 Å². The molecule has 1 N–H and O–H groups in total. The molecule has 1 heterocycles. The second-order valence-corrected chi connectivity index (χ2v) is 3.55. The summed E-state index contributed by atoms with van der Waals surface area (Å²) in [6.45, 7) is 2.06. The number of hydrogen-bond donors (Lipinski definition) is 1. The predicted molar refractivity (Wildman–Crippen MR) is 57.4 cm³/mol. The van der Waals surface area contributed by atoms with Crippen molar-refractivity contribution >= 4 is 22.5 Å². The van der Waals surface area contributed by atoms with Gasteiger partial charge in [-0.1, -0.05) is 18.5 Å². The Morgan fingerprint density at radius 2 is 2.29 bits per heavy atom. The third-order valence-corrected chi connectivity index (χ3v) is 2.62. The number of aryl methyl sites for hydroxylation is 1. The van der Waals surface area contributed by atoms with Gasteiger partial charge >= 0.3 is 0 Å². The molecule has 0 aliphatic heterocycles. The molecule has 0 atom stereocenters. The van der Waals surface area contributed by atoms with E-state index in [0.29, 0.717) is 10.6 Å². The van der Waals surface area contributed by atoms with Crippen LogP contribution < -0.4 is 0 Å². The van der Waals surface area contributed by atoms with Crippen LogP contribution in [0.4, 0.5) is 0 Å². The van der Waals surface area contributed by atoms with Crippen molar-refractivity contribution in [2.75, 3.05) is 0 Å². The summed E-state index contributed by atoms with van der Waals surface area (Å²) in [4.78, 5) is 3.21. The van der Waals surface area contributed by atoms with E-state index in [4.69, 9.17) is 16.9 Å². The van der Waals surface area contributed by atoms with E-state index in [1.165, 1.54) is 0 Å². The number of rotatable bonds is 1. The van der Waals surface area contributed by atoms with Gasteiger partial charge in [0, 0.05) is 11.1 Å². The Morgan fingerprint density at radius 1 is 1.50 bits per heavy atom. The Morgan fingerprint density at radius 3 is 2.93 bits per heavy atom. The maximum absolute atomic E-state index is 8.90. The quantitative estimate of drug-likeness (QED) is 0.761. The molecule has 0 amide bonds. The number of aromatic amines is 1. The molecule has 0 unspecified atom stereocenters. The van der Waals surface area contributed by atoms with Gasteiger partial charge in [0.1, 0.15) is 0 Å². The number of benzene rings is 1. The van der Waals surface area contributed by atoms with Crippen LogP contribution in [0, 0.1) is 11.3 Å². The van der Waals surface area contributed by atoms with Gasteiger partial charge in [-0.25, -0.2) is 0 Å². The molecule has 2 rings (SSSR count). The number of aromatic nitrogens is 1. The van der Waals surface area contributed by atoms with E-state index in [-0.39, 0.29) is 0 Å². The Kier molecular flexibility index (Phi) is 2.18. The number of nitrogens with zero attached hydrogens (tertiary/aromatic N) is 1. The van der Waals surface area contributed by atoms with Crippen LogP contribution in [0.2, 0.25) is 5.02 Å². The molecule has 0 radical (unpaired) electrons. The smallest absolute Gasteiger partial charge is 0.0998 e. The van der Waals surface area contributed by atoms with Crippen molar-refractivity contribution in [3.63, 3.8) is 0 Å². The molecule has 0 saturated heterocycles. The van der Waals surface area contributed by atoms with Crippen molar-refractivity contribution < 1.29 is 0 Å². The van der Waals surface area contributed by atoms with Crippen LogP contribution in [0.1, 0.15) is 18.2 Å². The zero-order valence-electron chi connectivity index (χ0n) is 7.76. The summed E-state index contributed by atoms with van der Waals surface area (Å²) >= 11 is 6.02. The van der Waals surface area contributed by atoms with E-state index < -0.39 is 0 Å². The monoisotopic (exact) mass is 204 g/mol. The summed E-state index contributed by atoms with van der Waals surface area (Å²) < 4.78 is 0. The van der Waals surface area contributed by atoms with Gasteiger partial charge in [-0.3, -0.25) is 0 Å². The highest BCUT2D eigenvalue weighted by Gasteiger charge is 2.07. The standard InChI is InChI=1S/C11H9ClN2/c1-2-8-5-9-7(6-13)3-4-10(12)11(9)14-8/h3-5,14H,2H2,1H3. The Bertz CT molecular complexity index is 520. The number of nitriles is 1. The van der Waals surface area contributed by atoms with E-state index in [0.717, 1.165) is 23.0 Å². The molecule has 0 aliphatic carbocycles. The fraction of sp³-hybridized carbons (Fsp3) is 0.182. The topological polar surface area (TPSA) is 39.6 Å². The molecule has 2 nitrogen and oxygen atoms in total. The normalized spacial score (nSPS) is 10.4. The molecule has 2 aromatic rings. The third kappa shape index (κ3) is 1.26. The second-order valence-electron chi connectivity index (χ2n) is 3.14. The zero-order valence-corrected chi connectivity index (χ0v) is 8.52. The van der Waals surface area contributed by atoms with Gasteiger partial charge in [0.15, 0.2) is 0 Å². The summed E-state index contributed by atoms with van der Waals surface area (Å²) in [5, 5.41) is 10.5. The molecule has 0 saturated carbocycles. The lowest BCUT2D eigenvalue weighted by Crippen LogP contribution is -1.77. The summed E-state index contributed by atoms with van der Waals surface area (Å²) in [6, 6.07) is 7.64. The number of halogens is 1. The van der Waals surface area contributed by atoms with Gasteiger partial charge < -0.3 is 4.98 Å². The highest BCUT2D eigenvalue weighted by atomic mass is 35.5. The number of fused-ring (bicyclic) bond motifs is 1. The van der Waals surface area contributed by atoms with Crippen molar-refractivity contribution in [2.45, 2.75) is 13.3 Å². The van der Waals surface area contributed by atoms with Gasteiger partial charge in [-0.05, 0) is 24.6 Å². The molecule has 1 aromatic carbocycles. The van der Waals surface area contributed by atoms with E-state index in [9.17, 15) is 0 Å². The fourth-order valence-electron chi connectivity index (χ4n) is 1.53. The predicted octanol–water partition coefficient (Wildman–Crippen LogP) is 3.26. The first kappa shape index (κ1) is 9.11. The minimum atomic E-state index is 0.665. The lowest BCUT2D eigenvalue weighted by molar-refractivity contribution is 1.07. The molecular formula is C11H9ClN2. The van der Waals surface area contributed by atoms with Gasteiger partial charge in [-0.2, -0.15) is 5.26 Å².